The average molecular weight is 401 g/mol. The van der Waals surface area contributed by atoms with Crippen molar-refractivity contribution in [2.24, 2.45) is 0 Å². The lowest BCUT2D eigenvalue weighted by molar-refractivity contribution is -0.139. The Labute approximate surface area is 168 Å². The first-order valence-corrected chi connectivity index (χ1v) is 9.56. The summed E-state index contributed by atoms with van der Waals surface area (Å²) < 4.78 is 14.9. The zero-order chi connectivity index (χ0) is 20.5. The van der Waals surface area contributed by atoms with Crippen LogP contribution in [0, 0.1) is 0 Å². The highest BCUT2D eigenvalue weighted by molar-refractivity contribution is 7.98. The van der Waals surface area contributed by atoms with Crippen molar-refractivity contribution < 1.29 is 19.0 Å². The molecule has 0 atom stereocenters. The first-order valence-electron chi connectivity index (χ1n) is 8.34. The summed E-state index contributed by atoms with van der Waals surface area (Å²) in [5, 5.41) is 0.759. The molecular formula is C20H23N3O4S. The molecule has 0 saturated heterocycles. The van der Waals surface area contributed by atoms with E-state index in [2.05, 4.69) is 14.7 Å². The van der Waals surface area contributed by atoms with Gasteiger partial charge in [-0.1, -0.05) is 12.1 Å². The molecule has 1 heterocycles. The summed E-state index contributed by atoms with van der Waals surface area (Å²) in [7, 11) is 4.55. The quantitative estimate of drug-likeness (QED) is 0.513. The first kappa shape index (κ1) is 21.3. The minimum absolute atomic E-state index is 0.197. The molecule has 3 rings (SSSR count). The predicted octanol–water partition coefficient (Wildman–Crippen LogP) is 3.35. The topological polar surface area (TPSA) is 96.6 Å². The Kier molecular flexibility index (Phi) is 7.88. The third-order valence-electron chi connectivity index (χ3n) is 3.91. The number of anilines is 1. The maximum Gasteiger partial charge on any atom is 0.309 e. The van der Waals surface area contributed by atoms with Crippen molar-refractivity contribution in [2.75, 3.05) is 33.3 Å². The molecule has 7 nitrogen and oxygen atoms in total. The number of benzene rings is 2. The van der Waals surface area contributed by atoms with Crippen molar-refractivity contribution in [1.82, 2.24) is 9.97 Å². The number of aromatic nitrogens is 2. The second-order valence-corrected chi connectivity index (χ2v) is 6.46. The molecule has 1 aromatic heterocycles. The number of hydrogen-bond acceptors (Lipinski definition) is 8. The van der Waals surface area contributed by atoms with Gasteiger partial charge in [0.25, 0.3) is 0 Å². The molecule has 0 radical (unpaired) electrons. The molecule has 0 spiro atoms. The van der Waals surface area contributed by atoms with E-state index in [9.17, 15) is 4.79 Å². The van der Waals surface area contributed by atoms with E-state index >= 15 is 0 Å². The lowest BCUT2D eigenvalue weighted by Crippen LogP contribution is -2.03. The molecule has 0 saturated carbocycles. The van der Waals surface area contributed by atoms with Crippen molar-refractivity contribution in [1.29, 1.82) is 0 Å². The number of nitrogen functional groups attached to an aromatic ring is 1. The Balaban J connectivity index is 0.000000203. The minimum atomic E-state index is -0.197. The Morgan fingerprint density at radius 2 is 1.68 bits per heavy atom. The second kappa shape index (κ2) is 10.4. The molecule has 0 amide bonds. The minimum Gasteiger partial charge on any atom is -0.493 e. The third-order valence-corrected chi connectivity index (χ3v) is 4.65. The average Bonchev–Trinajstić information content (AvgIpc) is 2.74. The Bertz CT molecular complexity index is 933. The summed E-state index contributed by atoms with van der Waals surface area (Å²) in [5.41, 5.74) is 7.45. The van der Waals surface area contributed by atoms with E-state index in [-0.39, 0.29) is 5.97 Å². The van der Waals surface area contributed by atoms with Gasteiger partial charge in [0.15, 0.2) is 11.5 Å². The van der Waals surface area contributed by atoms with E-state index in [0.717, 1.165) is 16.5 Å². The number of methoxy groups -OCH3 is 3. The van der Waals surface area contributed by atoms with Gasteiger partial charge in [0.2, 0.25) is 0 Å². The molecule has 8 heteroatoms. The smallest absolute Gasteiger partial charge is 0.309 e. The van der Waals surface area contributed by atoms with E-state index in [0.29, 0.717) is 23.7 Å². The van der Waals surface area contributed by atoms with Crippen molar-refractivity contribution in [3.8, 4) is 11.5 Å². The highest BCUT2D eigenvalue weighted by atomic mass is 32.2. The molecule has 0 aliphatic carbocycles. The van der Waals surface area contributed by atoms with E-state index in [4.69, 9.17) is 15.2 Å². The molecule has 0 bridgehead atoms. The first-order chi connectivity index (χ1) is 13.5. The number of rotatable bonds is 5. The molecular weight excluding hydrogens is 378 g/mol. The maximum absolute atomic E-state index is 10.9. The van der Waals surface area contributed by atoms with Gasteiger partial charge in [-0.3, -0.25) is 4.79 Å². The predicted molar refractivity (Wildman–Crippen MR) is 111 cm³/mol. The highest BCUT2D eigenvalue weighted by Crippen LogP contribution is 2.32. The number of ether oxygens (including phenoxy) is 3. The van der Waals surface area contributed by atoms with Crippen molar-refractivity contribution in [3.63, 3.8) is 0 Å². The molecule has 148 valence electrons. The highest BCUT2D eigenvalue weighted by Gasteiger charge is 2.08. The summed E-state index contributed by atoms with van der Waals surface area (Å²) >= 11 is 1.69. The lowest BCUT2D eigenvalue weighted by Gasteiger charge is -2.08. The van der Waals surface area contributed by atoms with Crippen LogP contribution in [-0.4, -0.2) is 43.5 Å². The van der Waals surface area contributed by atoms with Crippen LogP contribution in [0.5, 0.6) is 11.5 Å². The maximum atomic E-state index is 10.9. The van der Waals surface area contributed by atoms with Gasteiger partial charge < -0.3 is 19.9 Å². The number of hydrogen-bond donors (Lipinski definition) is 1. The van der Waals surface area contributed by atoms with Gasteiger partial charge >= 0.3 is 5.97 Å². The molecule has 0 aliphatic rings. The van der Waals surface area contributed by atoms with Crippen LogP contribution in [0.4, 0.5) is 5.82 Å². The molecule has 2 aromatic carbocycles. The summed E-state index contributed by atoms with van der Waals surface area (Å²) in [6.07, 6.45) is 3.80. The largest absolute Gasteiger partial charge is 0.493 e. The van der Waals surface area contributed by atoms with Gasteiger partial charge in [-0.2, -0.15) is 0 Å². The van der Waals surface area contributed by atoms with Crippen LogP contribution in [0.1, 0.15) is 5.56 Å². The van der Waals surface area contributed by atoms with Crippen LogP contribution < -0.4 is 15.2 Å². The summed E-state index contributed by atoms with van der Waals surface area (Å²) in [6.45, 7) is 0. The Morgan fingerprint density at radius 1 is 1.04 bits per heavy atom. The Hall–Kier alpha value is -3.00. The second-order valence-electron chi connectivity index (χ2n) is 5.58. The fourth-order valence-corrected chi connectivity index (χ4v) is 2.79. The normalized spacial score (nSPS) is 10.0. The van der Waals surface area contributed by atoms with E-state index < -0.39 is 0 Å². The van der Waals surface area contributed by atoms with Crippen LogP contribution in [0.25, 0.3) is 10.9 Å². The van der Waals surface area contributed by atoms with Crippen LogP contribution in [0.2, 0.25) is 0 Å². The molecule has 0 aliphatic heterocycles. The van der Waals surface area contributed by atoms with Crippen molar-refractivity contribution >= 4 is 34.5 Å². The lowest BCUT2D eigenvalue weighted by atomic mass is 10.2. The van der Waals surface area contributed by atoms with Gasteiger partial charge in [0.05, 0.1) is 33.3 Å². The van der Waals surface area contributed by atoms with E-state index in [1.807, 2.05) is 30.5 Å². The van der Waals surface area contributed by atoms with Crippen LogP contribution >= 0.6 is 11.8 Å². The monoisotopic (exact) mass is 401 g/mol. The fraction of sp³-hybridized carbons (Fsp3) is 0.250. The fourth-order valence-electron chi connectivity index (χ4n) is 2.39. The zero-order valence-corrected chi connectivity index (χ0v) is 17.1. The van der Waals surface area contributed by atoms with Gasteiger partial charge in [-0.15, -0.1) is 11.8 Å². The van der Waals surface area contributed by atoms with Crippen LogP contribution in [0.15, 0.2) is 47.6 Å². The molecule has 2 N–H and O–H groups in total. The van der Waals surface area contributed by atoms with Gasteiger partial charge in [0.1, 0.15) is 12.1 Å². The molecule has 3 aromatic rings. The van der Waals surface area contributed by atoms with Gasteiger partial charge in [0, 0.05) is 16.3 Å². The summed E-state index contributed by atoms with van der Waals surface area (Å²) in [4.78, 5) is 20.1. The third kappa shape index (κ3) is 5.50. The summed E-state index contributed by atoms with van der Waals surface area (Å²) in [6, 6.07) is 11.4. The SMILES string of the molecule is COC(=O)Cc1ccc(SC)cc1.COc1cc2ncnc(N)c2cc1OC. The van der Waals surface area contributed by atoms with Crippen molar-refractivity contribution in [2.45, 2.75) is 11.3 Å². The Morgan fingerprint density at radius 3 is 2.25 bits per heavy atom. The van der Waals surface area contributed by atoms with Crippen LogP contribution in [-0.2, 0) is 16.0 Å². The number of esters is 1. The number of thioether (sulfide) groups is 1. The number of nitrogens with zero attached hydrogens (tertiary/aromatic N) is 2. The standard InChI is InChI=1S/C10H11N3O2.C10H12O2S/c1-14-8-3-6-7(4-9(8)15-2)12-5-13-10(6)11;1-12-10(11)7-8-3-5-9(13-2)6-4-8/h3-5H,1-2H3,(H2,11,12,13);3-6H,7H2,1-2H3. The van der Waals surface area contributed by atoms with Crippen LogP contribution in [0.3, 0.4) is 0 Å². The molecule has 0 fully saturated rings. The van der Waals surface area contributed by atoms with Crippen molar-refractivity contribution in [3.05, 3.63) is 48.3 Å². The zero-order valence-electron chi connectivity index (χ0n) is 16.3. The number of carbonyl (C=O) groups is 1. The summed E-state index contributed by atoms with van der Waals surface area (Å²) in [5.74, 6) is 1.48. The molecule has 0 unspecified atom stereocenters. The number of fused-ring (bicyclic) bond motifs is 1. The van der Waals surface area contributed by atoms with E-state index in [1.165, 1.54) is 18.3 Å². The number of nitrogens with two attached hydrogens (primary N) is 1. The van der Waals surface area contributed by atoms with Gasteiger partial charge in [-0.05, 0) is 30.0 Å². The van der Waals surface area contributed by atoms with Gasteiger partial charge in [-0.25, -0.2) is 9.97 Å². The molecule has 28 heavy (non-hydrogen) atoms. The number of carbonyl (C=O) groups excluding carboxylic acids is 1. The van der Waals surface area contributed by atoms with E-state index in [1.54, 1.807) is 38.1 Å².